The van der Waals surface area contributed by atoms with Gasteiger partial charge in [0.05, 0.1) is 17.4 Å². The minimum atomic E-state index is -0.926. The van der Waals surface area contributed by atoms with Gasteiger partial charge < -0.3 is 15.3 Å². The number of carbonyl (C=O) groups excluding carboxylic acids is 2. The molecule has 1 aromatic rings. The van der Waals surface area contributed by atoms with Crippen molar-refractivity contribution in [3.63, 3.8) is 0 Å². The minimum absolute atomic E-state index is 0.0233. The molecule has 1 fully saturated rings. The van der Waals surface area contributed by atoms with Gasteiger partial charge in [0.15, 0.2) is 0 Å². The Morgan fingerprint density at radius 2 is 2.12 bits per heavy atom. The van der Waals surface area contributed by atoms with Crippen LogP contribution in [0.4, 0.5) is 14.5 Å². The molecular weight excluding hydrogens is 342 g/mol. The van der Waals surface area contributed by atoms with Crippen LogP contribution in [0.25, 0.3) is 0 Å². The second-order valence-electron chi connectivity index (χ2n) is 5.24. The van der Waals surface area contributed by atoms with E-state index in [-0.39, 0.29) is 36.9 Å². The third-order valence-electron chi connectivity index (χ3n) is 3.47. The fraction of sp³-hybridized carbons (Fsp3) is 0.400. The van der Waals surface area contributed by atoms with Crippen LogP contribution in [0, 0.1) is 17.6 Å². The Bertz CT molecular complexity index is 656. The summed E-state index contributed by atoms with van der Waals surface area (Å²) in [5, 5.41) is 11.1. The molecule has 1 unspecified atom stereocenters. The molecule has 9 heteroatoms. The number of benzene rings is 1. The molecule has 0 spiro atoms. The van der Waals surface area contributed by atoms with Crippen molar-refractivity contribution in [3.05, 3.63) is 29.8 Å². The van der Waals surface area contributed by atoms with Gasteiger partial charge in [0.2, 0.25) is 11.8 Å². The van der Waals surface area contributed by atoms with E-state index in [0.717, 1.165) is 11.0 Å². The molecule has 1 aromatic carbocycles. The van der Waals surface area contributed by atoms with Crippen LogP contribution in [0.2, 0.25) is 0 Å². The van der Waals surface area contributed by atoms with Gasteiger partial charge >= 0.3 is 5.97 Å². The number of carboxylic acids is 1. The average molecular weight is 358 g/mol. The topological polar surface area (TPSA) is 86.7 Å². The van der Waals surface area contributed by atoms with Crippen LogP contribution in [0.1, 0.15) is 6.42 Å². The van der Waals surface area contributed by atoms with E-state index in [0.29, 0.717) is 11.8 Å². The van der Waals surface area contributed by atoms with Gasteiger partial charge in [0.1, 0.15) is 11.6 Å². The van der Waals surface area contributed by atoms with Crippen molar-refractivity contribution in [2.24, 2.45) is 5.92 Å². The first kappa shape index (κ1) is 18.2. The van der Waals surface area contributed by atoms with Crippen LogP contribution in [0.15, 0.2) is 18.2 Å². The van der Waals surface area contributed by atoms with Crippen LogP contribution in [-0.4, -0.2) is 47.5 Å². The first-order valence-electron chi connectivity index (χ1n) is 7.21. The third kappa shape index (κ3) is 4.67. The normalized spacial score (nSPS) is 17.2. The molecule has 1 atom stereocenters. The summed E-state index contributed by atoms with van der Waals surface area (Å²) >= 11 is 1.17. The predicted octanol–water partition coefficient (Wildman–Crippen LogP) is 1.25. The van der Waals surface area contributed by atoms with Gasteiger partial charge in [-0.05, 0) is 12.1 Å². The van der Waals surface area contributed by atoms with Crippen LogP contribution in [0.5, 0.6) is 0 Å². The summed E-state index contributed by atoms with van der Waals surface area (Å²) in [6.45, 7) is 0.307. The Morgan fingerprint density at radius 3 is 2.79 bits per heavy atom. The molecule has 1 saturated heterocycles. The second-order valence-corrected chi connectivity index (χ2v) is 6.34. The Kier molecular flexibility index (Phi) is 6.13. The van der Waals surface area contributed by atoms with Gasteiger partial charge in [-0.15, -0.1) is 11.8 Å². The molecule has 0 aliphatic carbocycles. The van der Waals surface area contributed by atoms with E-state index in [9.17, 15) is 23.2 Å². The number of carbonyl (C=O) groups is 3. The molecule has 0 bridgehead atoms. The summed E-state index contributed by atoms with van der Waals surface area (Å²) in [6, 6.07) is 2.92. The maximum absolute atomic E-state index is 13.8. The van der Waals surface area contributed by atoms with Gasteiger partial charge in [-0.25, -0.2) is 8.78 Å². The number of thioether (sulfide) groups is 1. The number of nitrogens with one attached hydrogen (secondary N) is 1. The fourth-order valence-corrected chi connectivity index (χ4v) is 2.93. The third-order valence-corrected chi connectivity index (χ3v) is 4.41. The first-order chi connectivity index (χ1) is 11.4. The summed E-state index contributed by atoms with van der Waals surface area (Å²) in [5.74, 6) is -3.49. The predicted molar refractivity (Wildman–Crippen MR) is 84.8 cm³/mol. The highest BCUT2D eigenvalue weighted by molar-refractivity contribution is 7.99. The number of hydrogen-bond donors (Lipinski definition) is 2. The quantitative estimate of drug-likeness (QED) is 0.717. The number of amides is 2. The van der Waals surface area contributed by atoms with E-state index in [4.69, 9.17) is 5.11 Å². The number of halogens is 2. The molecule has 6 nitrogen and oxygen atoms in total. The summed E-state index contributed by atoms with van der Waals surface area (Å²) < 4.78 is 26.7. The lowest BCUT2D eigenvalue weighted by molar-refractivity contribution is -0.134. The van der Waals surface area contributed by atoms with Gasteiger partial charge in [-0.2, -0.15) is 0 Å². The molecule has 2 rings (SSSR count). The van der Waals surface area contributed by atoms with Crippen LogP contribution < -0.4 is 10.2 Å². The Hall–Kier alpha value is -2.16. The lowest BCUT2D eigenvalue weighted by Crippen LogP contribution is -2.34. The van der Waals surface area contributed by atoms with Gasteiger partial charge in [0.25, 0.3) is 0 Å². The molecule has 1 aliphatic heterocycles. The van der Waals surface area contributed by atoms with Crippen LogP contribution in [0.3, 0.4) is 0 Å². The molecular formula is C15H16F2N2O4S. The standard InChI is InChI=1S/C15H16F2N2O4S/c16-10-1-2-12(11(17)6-10)19-7-9(5-13(19)20)15(23)18-3-4-24-8-14(21)22/h1-2,6,9H,3-5,7-8H2,(H,18,23)(H,21,22). The van der Waals surface area contributed by atoms with Crippen molar-refractivity contribution in [2.75, 3.05) is 29.5 Å². The van der Waals surface area contributed by atoms with Gasteiger partial charge in [-0.3, -0.25) is 14.4 Å². The van der Waals surface area contributed by atoms with Crippen molar-refractivity contribution < 1.29 is 28.3 Å². The monoisotopic (exact) mass is 358 g/mol. The molecule has 2 N–H and O–H groups in total. The van der Waals surface area contributed by atoms with Crippen molar-refractivity contribution in [1.82, 2.24) is 5.32 Å². The van der Waals surface area contributed by atoms with E-state index < -0.39 is 29.4 Å². The smallest absolute Gasteiger partial charge is 0.313 e. The SMILES string of the molecule is O=C(O)CSCCNC(=O)C1CC(=O)N(c2ccc(F)cc2F)C1. The highest BCUT2D eigenvalue weighted by Crippen LogP contribution is 2.27. The van der Waals surface area contributed by atoms with Crippen molar-refractivity contribution in [3.8, 4) is 0 Å². The van der Waals surface area contributed by atoms with Gasteiger partial charge in [0, 0.05) is 31.3 Å². The Balaban J connectivity index is 1.87. The number of carboxylic acid groups (broad SMARTS) is 1. The largest absolute Gasteiger partial charge is 0.481 e. The van der Waals surface area contributed by atoms with Crippen molar-refractivity contribution >= 4 is 35.2 Å². The molecule has 1 heterocycles. The van der Waals surface area contributed by atoms with Gasteiger partial charge in [-0.1, -0.05) is 0 Å². The zero-order valence-electron chi connectivity index (χ0n) is 12.6. The highest BCUT2D eigenvalue weighted by atomic mass is 32.2. The number of rotatable bonds is 7. The zero-order valence-corrected chi connectivity index (χ0v) is 13.4. The summed E-state index contributed by atoms with van der Waals surface area (Å²) in [4.78, 5) is 35.5. The molecule has 0 saturated carbocycles. The van der Waals surface area contributed by atoms with E-state index in [1.807, 2.05) is 0 Å². The number of aliphatic carboxylic acids is 1. The number of hydrogen-bond acceptors (Lipinski definition) is 4. The first-order valence-corrected chi connectivity index (χ1v) is 8.36. The van der Waals surface area contributed by atoms with E-state index >= 15 is 0 Å². The lowest BCUT2D eigenvalue weighted by atomic mass is 10.1. The lowest BCUT2D eigenvalue weighted by Gasteiger charge is -2.17. The summed E-state index contributed by atoms with van der Waals surface area (Å²) in [5.41, 5.74) is -0.0475. The maximum atomic E-state index is 13.8. The van der Waals surface area contributed by atoms with E-state index in [2.05, 4.69) is 5.32 Å². The Morgan fingerprint density at radius 1 is 1.38 bits per heavy atom. The maximum Gasteiger partial charge on any atom is 0.313 e. The second kappa shape index (κ2) is 8.09. The number of nitrogens with zero attached hydrogens (tertiary/aromatic N) is 1. The van der Waals surface area contributed by atoms with Crippen molar-refractivity contribution in [2.45, 2.75) is 6.42 Å². The zero-order chi connectivity index (χ0) is 17.7. The van der Waals surface area contributed by atoms with Crippen molar-refractivity contribution in [1.29, 1.82) is 0 Å². The summed E-state index contributed by atoms with van der Waals surface area (Å²) in [6.07, 6.45) is -0.0507. The minimum Gasteiger partial charge on any atom is -0.481 e. The number of anilines is 1. The van der Waals surface area contributed by atoms with E-state index in [1.54, 1.807) is 0 Å². The molecule has 0 radical (unpaired) electrons. The molecule has 2 amide bonds. The molecule has 130 valence electrons. The van der Waals surface area contributed by atoms with Crippen LogP contribution in [-0.2, 0) is 14.4 Å². The molecule has 1 aliphatic rings. The Labute approximate surface area is 141 Å². The van der Waals surface area contributed by atoms with Crippen LogP contribution >= 0.6 is 11.8 Å². The highest BCUT2D eigenvalue weighted by Gasteiger charge is 2.36. The fourth-order valence-electron chi connectivity index (χ4n) is 2.37. The molecule has 0 aromatic heterocycles. The summed E-state index contributed by atoms with van der Waals surface area (Å²) in [7, 11) is 0. The van der Waals surface area contributed by atoms with E-state index in [1.165, 1.54) is 17.8 Å². The molecule has 24 heavy (non-hydrogen) atoms. The average Bonchev–Trinajstić information content (AvgIpc) is 2.88.